The molecule has 0 aromatic rings. The molecule has 1 heterocycles. The van der Waals surface area contributed by atoms with E-state index in [2.05, 4.69) is 16.2 Å². The van der Waals surface area contributed by atoms with Gasteiger partial charge in [-0.2, -0.15) is 0 Å². The molecule has 0 aromatic carbocycles. The average Bonchev–Trinajstić information content (AvgIpc) is 2.85. The summed E-state index contributed by atoms with van der Waals surface area (Å²) in [4.78, 5) is 11.5. The zero-order valence-corrected chi connectivity index (χ0v) is 8.02. The summed E-state index contributed by atoms with van der Waals surface area (Å²) in [5.41, 5.74) is 5.70. The minimum atomic E-state index is 0.148. The Morgan fingerprint density at radius 2 is 2.31 bits per heavy atom. The fraction of sp³-hybridized carbons (Fsp3) is 0.889. The maximum absolute atomic E-state index is 11.5. The van der Waals surface area contributed by atoms with Gasteiger partial charge >= 0.3 is 0 Å². The second kappa shape index (κ2) is 3.27. The quantitative estimate of drug-likeness (QED) is 0.518. The highest BCUT2D eigenvalue weighted by Crippen LogP contribution is 2.43. The van der Waals surface area contributed by atoms with E-state index in [0.717, 1.165) is 19.4 Å². The van der Waals surface area contributed by atoms with Gasteiger partial charge in [0.1, 0.15) is 0 Å². The van der Waals surface area contributed by atoms with Gasteiger partial charge in [0.15, 0.2) is 0 Å². The molecule has 0 bridgehead atoms. The summed E-state index contributed by atoms with van der Waals surface area (Å²) in [5.74, 6) is 0.353. The summed E-state index contributed by atoms with van der Waals surface area (Å²) < 4.78 is 0. The Hall–Kier alpha value is -0.610. The predicted octanol–water partition coefficient (Wildman–Crippen LogP) is -0.231. The van der Waals surface area contributed by atoms with Crippen molar-refractivity contribution in [1.82, 2.24) is 16.2 Å². The third-order valence-corrected chi connectivity index (χ3v) is 3.10. The first kappa shape index (κ1) is 8.97. The summed E-state index contributed by atoms with van der Waals surface area (Å²) in [7, 11) is 1.73. The van der Waals surface area contributed by atoms with E-state index in [0.29, 0.717) is 5.54 Å². The molecule has 74 valence electrons. The van der Waals surface area contributed by atoms with Crippen LogP contribution in [0.2, 0.25) is 0 Å². The Bertz CT molecular complexity index is 213. The van der Waals surface area contributed by atoms with Gasteiger partial charge in [0.2, 0.25) is 5.91 Å². The standard InChI is InChI=1S/C9H17N3O/c1-10-12-8(13)7-2-5-11-9(6-7)3-4-9/h7,10-11H,2-6H2,1H3,(H,12,13). The van der Waals surface area contributed by atoms with Gasteiger partial charge in [0.25, 0.3) is 0 Å². The molecule has 4 nitrogen and oxygen atoms in total. The molecule has 1 saturated heterocycles. The first-order chi connectivity index (χ1) is 6.26. The Morgan fingerprint density at radius 3 is 2.92 bits per heavy atom. The molecular formula is C9H17N3O. The minimum Gasteiger partial charge on any atom is -0.311 e. The van der Waals surface area contributed by atoms with Crippen molar-refractivity contribution < 1.29 is 4.79 Å². The zero-order chi connectivity index (χ0) is 9.31. The van der Waals surface area contributed by atoms with Gasteiger partial charge in [0, 0.05) is 18.5 Å². The molecule has 2 rings (SSSR count). The third kappa shape index (κ3) is 1.84. The molecule has 1 aliphatic heterocycles. The van der Waals surface area contributed by atoms with Crippen LogP contribution in [-0.4, -0.2) is 25.0 Å². The van der Waals surface area contributed by atoms with E-state index >= 15 is 0 Å². The second-order valence-corrected chi connectivity index (χ2v) is 4.14. The molecule has 1 spiro atoms. The number of hydrogen-bond donors (Lipinski definition) is 3. The number of piperidine rings is 1. The van der Waals surface area contributed by atoms with Crippen molar-refractivity contribution >= 4 is 5.91 Å². The largest absolute Gasteiger partial charge is 0.311 e. The first-order valence-corrected chi connectivity index (χ1v) is 4.97. The lowest BCUT2D eigenvalue weighted by Crippen LogP contribution is -2.47. The number of nitrogens with one attached hydrogen (secondary N) is 3. The van der Waals surface area contributed by atoms with Gasteiger partial charge in [-0.05, 0) is 32.2 Å². The summed E-state index contributed by atoms with van der Waals surface area (Å²) in [6, 6.07) is 0. The maximum atomic E-state index is 11.5. The molecule has 4 heteroatoms. The second-order valence-electron chi connectivity index (χ2n) is 4.14. The molecule has 1 amide bonds. The van der Waals surface area contributed by atoms with Gasteiger partial charge in [-0.15, -0.1) is 0 Å². The lowest BCUT2D eigenvalue weighted by atomic mass is 9.90. The summed E-state index contributed by atoms with van der Waals surface area (Å²) >= 11 is 0. The van der Waals surface area contributed by atoms with Crippen LogP contribution in [0, 0.1) is 5.92 Å². The molecule has 0 radical (unpaired) electrons. The van der Waals surface area contributed by atoms with Gasteiger partial charge in [-0.1, -0.05) is 0 Å². The molecule has 1 aliphatic carbocycles. The number of rotatable bonds is 2. The number of hydrazine groups is 1. The molecular weight excluding hydrogens is 166 g/mol. The SMILES string of the molecule is CNNC(=O)C1CCNC2(CC2)C1. The smallest absolute Gasteiger partial charge is 0.237 e. The number of carbonyl (C=O) groups is 1. The number of carbonyl (C=O) groups excluding carboxylic acids is 1. The lowest BCUT2D eigenvalue weighted by molar-refractivity contribution is -0.127. The van der Waals surface area contributed by atoms with E-state index in [9.17, 15) is 4.79 Å². The molecule has 1 atom stereocenters. The van der Waals surface area contributed by atoms with Crippen molar-refractivity contribution in [1.29, 1.82) is 0 Å². The molecule has 1 saturated carbocycles. The Balaban J connectivity index is 1.88. The first-order valence-electron chi connectivity index (χ1n) is 4.97. The van der Waals surface area contributed by atoms with Crippen LogP contribution in [0.15, 0.2) is 0 Å². The van der Waals surface area contributed by atoms with Crippen molar-refractivity contribution in [2.75, 3.05) is 13.6 Å². The monoisotopic (exact) mass is 183 g/mol. The molecule has 3 N–H and O–H groups in total. The maximum Gasteiger partial charge on any atom is 0.237 e. The third-order valence-electron chi connectivity index (χ3n) is 3.10. The van der Waals surface area contributed by atoms with Gasteiger partial charge in [-0.25, -0.2) is 5.43 Å². The summed E-state index contributed by atoms with van der Waals surface area (Å²) in [6.45, 7) is 0.988. The highest BCUT2D eigenvalue weighted by Gasteiger charge is 2.47. The van der Waals surface area contributed by atoms with Gasteiger partial charge < -0.3 is 5.32 Å². The van der Waals surface area contributed by atoms with E-state index in [1.807, 2.05) is 0 Å². The van der Waals surface area contributed by atoms with Crippen molar-refractivity contribution in [2.45, 2.75) is 31.2 Å². The number of hydrogen-bond acceptors (Lipinski definition) is 3. The van der Waals surface area contributed by atoms with Crippen LogP contribution < -0.4 is 16.2 Å². The minimum absolute atomic E-state index is 0.148. The van der Waals surface area contributed by atoms with Crippen molar-refractivity contribution in [3.63, 3.8) is 0 Å². The van der Waals surface area contributed by atoms with Crippen LogP contribution in [0.25, 0.3) is 0 Å². The highest BCUT2D eigenvalue weighted by molar-refractivity contribution is 5.78. The van der Waals surface area contributed by atoms with Crippen molar-refractivity contribution in [3.05, 3.63) is 0 Å². The van der Waals surface area contributed by atoms with Crippen LogP contribution in [0.5, 0.6) is 0 Å². The van der Waals surface area contributed by atoms with E-state index in [4.69, 9.17) is 0 Å². The summed E-state index contributed by atoms with van der Waals surface area (Å²) in [6.07, 6.45) is 4.47. The van der Waals surface area contributed by atoms with E-state index in [1.54, 1.807) is 7.05 Å². The highest BCUT2D eigenvalue weighted by atomic mass is 16.2. The normalized spacial score (nSPS) is 30.1. The van der Waals surface area contributed by atoms with Crippen molar-refractivity contribution in [3.8, 4) is 0 Å². The summed E-state index contributed by atoms with van der Waals surface area (Å²) in [5, 5.41) is 3.50. The van der Waals surface area contributed by atoms with Crippen LogP contribution in [0.4, 0.5) is 0 Å². The lowest BCUT2D eigenvalue weighted by Gasteiger charge is -2.29. The Morgan fingerprint density at radius 1 is 1.54 bits per heavy atom. The number of amides is 1. The zero-order valence-electron chi connectivity index (χ0n) is 8.02. The Labute approximate surface area is 78.4 Å². The predicted molar refractivity (Wildman–Crippen MR) is 49.9 cm³/mol. The molecule has 2 fully saturated rings. The average molecular weight is 183 g/mol. The van der Waals surface area contributed by atoms with E-state index in [1.165, 1.54) is 12.8 Å². The fourth-order valence-corrected chi connectivity index (χ4v) is 2.14. The van der Waals surface area contributed by atoms with Gasteiger partial charge in [-0.3, -0.25) is 10.2 Å². The van der Waals surface area contributed by atoms with Gasteiger partial charge in [0.05, 0.1) is 0 Å². The Kier molecular flexibility index (Phi) is 2.26. The van der Waals surface area contributed by atoms with Crippen LogP contribution in [0.3, 0.4) is 0 Å². The molecule has 0 aromatic heterocycles. The van der Waals surface area contributed by atoms with Crippen molar-refractivity contribution in [2.24, 2.45) is 5.92 Å². The van der Waals surface area contributed by atoms with Crippen LogP contribution >= 0.6 is 0 Å². The molecule has 2 aliphatic rings. The van der Waals surface area contributed by atoms with E-state index in [-0.39, 0.29) is 11.8 Å². The topological polar surface area (TPSA) is 53.2 Å². The fourth-order valence-electron chi connectivity index (χ4n) is 2.14. The van der Waals surface area contributed by atoms with Crippen LogP contribution in [0.1, 0.15) is 25.7 Å². The molecule has 1 unspecified atom stereocenters. The molecule has 13 heavy (non-hydrogen) atoms. The van der Waals surface area contributed by atoms with E-state index < -0.39 is 0 Å². The van der Waals surface area contributed by atoms with Crippen LogP contribution in [-0.2, 0) is 4.79 Å².